The van der Waals surface area contributed by atoms with Gasteiger partial charge in [-0.3, -0.25) is 4.79 Å². The van der Waals surface area contributed by atoms with E-state index in [-0.39, 0.29) is 28.5 Å². The fourth-order valence-corrected chi connectivity index (χ4v) is 8.58. The van der Waals surface area contributed by atoms with Gasteiger partial charge in [0.15, 0.2) is 0 Å². The molecule has 1 spiro atoms. The van der Waals surface area contributed by atoms with E-state index in [1.54, 1.807) is 0 Å². The molecule has 1 amide bonds. The van der Waals surface area contributed by atoms with Crippen LogP contribution >= 0.6 is 0 Å². The zero-order valence-electron chi connectivity index (χ0n) is 16.6. The number of carbonyl (C=O) groups is 1. The lowest BCUT2D eigenvalue weighted by Crippen LogP contribution is -2.45. The first kappa shape index (κ1) is 18.7. The Balaban J connectivity index is 1.78. The van der Waals surface area contributed by atoms with Gasteiger partial charge in [-0.15, -0.1) is 0 Å². The highest BCUT2D eigenvalue weighted by molar-refractivity contribution is 7.90. The molecule has 0 N–H and O–H groups in total. The zero-order chi connectivity index (χ0) is 19.6. The number of carbonyl (C=O) groups excluding carboxylic acids is 1. The van der Waals surface area contributed by atoms with Gasteiger partial charge < -0.3 is 0 Å². The Bertz CT molecular complexity index is 899. The molecular formula is C22H29NO3S. The minimum absolute atomic E-state index is 0.0292. The molecule has 1 aromatic carbocycles. The van der Waals surface area contributed by atoms with Crippen molar-refractivity contribution in [2.45, 2.75) is 58.9 Å². The Morgan fingerprint density at radius 3 is 2.48 bits per heavy atom. The Morgan fingerprint density at radius 2 is 1.89 bits per heavy atom. The number of fused-ring (bicyclic) bond motifs is 1. The van der Waals surface area contributed by atoms with Gasteiger partial charge in [0, 0.05) is 5.41 Å². The molecule has 4 nitrogen and oxygen atoms in total. The maximum Gasteiger partial charge on any atom is 0.247 e. The molecule has 3 fully saturated rings. The first-order valence-corrected chi connectivity index (χ1v) is 11.5. The van der Waals surface area contributed by atoms with E-state index in [1.165, 1.54) is 4.31 Å². The lowest BCUT2D eigenvalue weighted by Gasteiger charge is -2.37. The van der Waals surface area contributed by atoms with E-state index in [0.717, 1.165) is 30.4 Å². The molecule has 5 heteroatoms. The van der Waals surface area contributed by atoms with Crippen molar-refractivity contribution in [2.24, 2.45) is 16.7 Å². The van der Waals surface area contributed by atoms with E-state index in [0.29, 0.717) is 5.92 Å². The van der Waals surface area contributed by atoms with Gasteiger partial charge in [-0.1, -0.05) is 55.8 Å². The highest BCUT2D eigenvalue weighted by atomic mass is 32.2. The van der Waals surface area contributed by atoms with Crippen LogP contribution < -0.4 is 0 Å². The number of amides is 1. The van der Waals surface area contributed by atoms with Gasteiger partial charge in [0.1, 0.15) is 0 Å². The summed E-state index contributed by atoms with van der Waals surface area (Å²) in [5.74, 6) is -0.209. The predicted molar refractivity (Wildman–Crippen MR) is 107 cm³/mol. The predicted octanol–water partition coefficient (Wildman–Crippen LogP) is 4.10. The number of hydrogen-bond donors (Lipinski definition) is 0. The van der Waals surface area contributed by atoms with Gasteiger partial charge in [0.05, 0.1) is 17.7 Å². The van der Waals surface area contributed by atoms with Crippen LogP contribution in [0.1, 0.15) is 58.4 Å². The van der Waals surface area contributed by atoms with Crippen LogP contribution in [-0.2, 0) is 14.8 Å². The first-order valence-electron chi connectivity index (χ1n) is 9.86. The summed E-state index contributed by atoms with van der Waals surface area (Å²) in [5, 5.41) is 0. The second-order valence-corrected chi connectivity index (χ2v) is 11.2. The summed E-state index contributed by atoms with van der Waals surface area (Å²) >= 11 is 0. The fourth-order valence-electron chi connectivity index (χ4n) is 6.02. The van der Waals surface area contributed by atoms with Gasteiger partial charge in [-0.25, -0.2) is 12.7 Å². The molecule has 2 aliphatic carbocycles. The van der Waals surface area contributed by atoms with Gasteiger partial charge in [-0.2, -0.15) is 0 Å². The average molecular weight is 388 g/mol. The standard InChI is InChI=1S/C22H29NO3S/c1-15(2)12-18(16-8-6-5-7-9-16)20(24)23-19-13-17-10-11-22(19,21(17,3)4)14-27(23,25)26/h5-9,12,17-19H,10-11,13-14H2,1-4H3/t17-,18+,19-,22-/m1/s1. The van der Waals surface area contributed by atoms with Gasteiger partial charge in [0.2, 0.25) is 15.9 Å². The molecule has 0 radical (unpaired) electrons. The third-order valence-electron chi connectivity index (χ3n) is 7.55. The highest BCUT2D eigenvalue weighted by Crippen LogP contribution is 2.70. The molecule has 3 aliphatic rings. The zero-order valence-corrected chi connectivity index (χ0v) is 17.4. The summed E-state index contributed by atoms with van der Waals surface area (Å²) in [5.41, 5.74) is 1.55. The number of allylic oxidation sites excluding steroid dienone is 1. The van der Waals surface area contributed by atoms with Crippen molar-refractivity contribution in [3.05, 3.63) is 47.5 Å². The van der Waals surface area contributed by atoms with Gasteiger partial charge in [0.25, 0.3) is 0 Å². The van der Waals surface area contributed by atoms with E-state index in [9.17, 15) is 13.2 Å². The molecule has 4 atom stereocenters. The largest absolute Gasteiger partial charge is 0.273 e. The van der Waals surface area contributed by atoms with Crippen LogP contribution in [0.3, 0.4) is 0 Å². The lowest BCUT2D eigenvalue weighted by molar-refractivity contribution is -0.129. The van der Waals surface area contributed by atoms with E-state index >= 15 is 0 Å². The SMILES string of the molecule is CC(C)=C[C@H](C(=O)N1[C@@H]2C[C@H]3CC[C@]2(CS1(=O)=O)C3(C)C)c1ccccc1. The summed E-state index contributed by atoms with van der Waals surface area (Å²) in [6, 6.07) is 9.34. The maximum absolute atomic E-state index is 13.6. The first-order chi connectivity index (χ1) is 12.6. The molecule has 1 saturated heterocycles. The van der Waals surface area contributed by atoms with E-state index in [2.05, 4.69) is 13.8 Å². The average Bonchev–Trinajstić information content (AvgIpc) is 3.07. The molecule has 2 bridgehead atoms. The van der Waals surface area contributed by atoms with Crippen LogP contribution in [0.25, 0.3) is 0 Å². The van der Waals surface area contributed by atoms with Crippen LogP contribution in [0.5, 0.6) is 0 Å². The highest BCUT2D eigenvalue weighted by Gasteiger charge is 2.72. The van der Waals surface area contributed by atoms with Crippen LogP contribution in [0.2, 0.25) is 0 Å². The van der Waals surface area contributed by atoms with Gasteiger partial charge in [-0.05, 0) is 50.0 Å². The van der Waals surface area contributed by atoms with Crippen LogP contribution in [0.4, 0.5) is 0 Å². The number of sulfonamides is 1. The van der Waals surface area contributed by atoms with Crippen molar-refractivity contribution in [3.8, 4) is 0 Å². The molecule has 2 saturated carbocycles. The monoisotopic (exact) mass is 387 g/mol. The summed E-state index contributed by atoms with van der Waals surface area (Å²) < 4.78 is 27.7. The van der Waals surface area contributed by atoms with Gasteiger partial charge >= 0.3 is 0 Å². The van der Waals surface area contributed by atoms with Crippen molar-refractivity contribution < 1.29 is 13.2 Å². The van der Waals surface area contributed by atoms with E-state index in [1.807, 2.05) is 50.3 Å². The number of rotatable bonds is 3. The summed E-state index contributed by atoms with van der Waals surface area (Å²) in [7, 11) is -3.59. The van der Waals surface area contributed by atoms with E-state index in [4.69, 9.17) is 0 Å². The van der Waals surface area contributed by atoms with Crippen LogP contribution in [-0.4, -0.2) is 30.4 Å². The number of nitrogens with zero attached hydrogens (tertiary/aromatic N) is 1. The third kappa shape index (κ3) is 2.54. The molecule has 1 heterocycles. The summed E-state index contributed by atoms with van der Waals surface area (Å²) in [6.45, 7) is 8.31. The quantitative estimate of drug-likeness (QED) is 0.734. The second-order valence-electron chi connectivity index (χ2n) is 9.39. The van der Waals surface area contributed by atoms with Crippen molar-refractivity contribution in [1.29, 1.82) is 0 Å². The fraction of sp³-hybridized carbons (Fsp3) is 0.591. The molecule has 27 heavy (non-hydrogen) atoms. The molecule has 1 aliphatic heterocycles. The van der Waals surface area contributed by atoms with Crippen LogP contribution in [0, 0.1) is 16.7 Å². The summed E-state index contributed by atoms with van der Waals surface area (Å²) in [6.07, 6.45) is 4.71. The minimum Gasteiger partial charge on any atom is -0.273 e. The van der Waals surface area contributed by atoms with Crippen molar-refractivity contribution in [1.82, 2.24) is 4.31 Å². The second kappa shape index (κ2) is 5.94. The Kier molecular flexibility index (Phi) is 4.12. The van der Waals surface area contributed by atoms with Crippen molar-refractivity contribution >= 4 is 15.9 Å². The third-order valence-corrected chi connectivity index (χ3v) is 9.47. The Hall–Kier alpha value is -1.62. The minimum atomic E-state index is -3.59. The molecule has 0 aromatic heterocycles. The molecule has 1 aromatic rings. The molecule has 4 rings (SSSR count). The smallest absolute Gasteiger partial charge is 0.247 e. The van der Waals surface area contributed by atoms with Crippen LogP contribution in [0.15, 0.2) is 42.0 Å². The van der Waals surface area contributed by atoms with E-state index < -0.39 is 15.9 Å². The number of hydrogen-bond acceptors (Lipinski definition) is 3. The van der Waals surface area contributed by atoms with Crippen molar-refractivity contribution in [3.63, 3.8) is 0 Å². The molecular weight excluding hydrogens is 358 g/mol. The normalized spacial score (nSPS) is 33.6. The molecule has 0 unspecified atom stereocenters. The maximum atomic E-state index is 13.6. The number of benzene rings is 1. The topological polar surface area (TPSA) is 54.5 Å². The van der Waals surface area contributed by atoms with Crippen molar-refractivity contribution in [2.75, 3.05) is 5.75 Å². The Labute approximate surface area is 162 Å². The summed E-state index contributed by atoms with van der Waals surface area (Å²) in [4.78, 5) is 13.6. The Morgan fingerprint density at radius 1 is 1.22 bits per heavy atom. The lowest BCUT2D eigenvalue weighted by atomic mass is 9.69. The molecule has 146 valence electrons.